The fourth-order valence-corrected chi connectivity index (χ4v) is 3.06. The lowest BCUT2D eigenvalue weighted by molar-refractivity contribution is 0.237. The molecule has 94 valence electrons. The van der Waals surface area contributed by atoms with Crippen molar-refractivity contribution in [3.05, 3.63) is 29.6 Å². The van der Waals surface area contributed by atoms with E-state index in [9.17, 15) is 0 Å². The third-order valence-corrected chi connectivity index (χ3v) is 3.85. The van der Waals surface area contributed by atoms with Crippen molar-refractivity contribution in [2.24, 2.45) is 11.8 Å². The summed E-state index contributed by atoms with van der Waals surface area (Å²) in [6.07, 6.45) is 5.91. The topological polar surface area (TPSA) is 24.9 Å². The van der Waals surface area contributed by atoms with Crippen molar-refractivity contribution in [1.29, 1.82) is 0 Å². The molecule has 1 aliphatic rings. The third kappa shape index (κ3) is 3.53. The lowest BCUT2D eigenvalue weighted by atomic mass is 9.80. The highest BCUT2D eigenvalue weighted by molar-refractivity contribution is 5.17. The Kier molecular flexibility index (Phi) is 4.16. The Bertz CT molecular complexity index is 352. The zero-order chi connectivity index (χ0) is 12.3. The van der Waals surface area contributed by atoms with Gasteiger partial charge >= 0.3 is 0 Å². The van der Waals surface area contributed by atoms with Crippen LogP contribution in [0.5, 0.6) is 0 Å². The summed E-state index contributed by atoms with van der Waals surface area (Å²) in [5.41, 5.74) is 2.48. The summed E-state index contributed by atoms with van der Waals surface area (Å²) in [5.74, 6) is 1.72. The van der Waals surface area contributed by atoms with Crippen molar-refractivity contribution in [1.82, 2.24) is 10.3 Å². The molecule has 2 nitrogen and oxygen atoms in total. The molecule has 0 radical (unpaired) electrons. The number of hydrogen-bond acceptors (Lipinski definition) is 2. The molecule has 2 rings (SSSR count). The monoisotopic (exact) mass is 232 g/mol. The Morgan fingerprint density at radius 2 is 1.94 bits per heavy atom. The van der Waals surface area contributed by atoms with E-state index in [0.717, 1.165) is 18.4 Å². The molecule has 2 atom stereocenters. The summed E-state index contributed by atoms with van der Waals surface area (Å²) in [7, 11) is 0. The van der Waals surface area contributed by atoms with Gasteiger partial charge in [-0.05, 0) is 49.7 Å². The lowest BCUT2D eigenvalue weighted by Gasteiger charge is -2.32. The highest BCUT2D eigenvalue weighted by atomic mass is 14.9. The average molecular weight is 232 g/mol. The maximum absolute atomic E-state index is 4.44. The summed E-state index contributed by atoms with van der Waals surface area (Å²) in [6, 6.07) is 4.81. The summed E-state index contributed by atoms with van der Waals surface area (Å²) >= 11 is 0. The van der Waals surface area contributed by atoms with Crippen LogP contribution < -0.4 is 5.32 Å². The first-order chi connectivity index (χ1) is 8.15. The number of nitrogens with zero attached hydrogens (tertiary/aromatic N) is 1. The second-order valence-electron chi connectivity index (χ2n) is 5.76. The van der Waals surface area contributed by atoms with Crippen LogP contribution in [0.25, 0.3) is 0 Å². The van der Waals surface area contributed by atoms with Crippen molar-refractivity contribution in [3.8, 4) is 0 Å². The van der Waals surface area contributed by atoms with Crippen LogP contribution in [0.2, 0.25) is 0 Å². The van der Waals surface area contributed by atoms with E-state index in [-0.39, 0.29) is 0 Å². The first-order valence-corrected chi connectivity index (χ1v) is 6.79. The first kappa shape index (κ1) is 12.6. The molecule has 2 heteroatoms. The van der Waals surface area contributed by atoms with Gasteiger partial charge in [0.25, 0.3) is 0 Å². The molecule has 1 heterocycles. The number of aryl methyl sites for hydroxylation is 1. The standard InChI is InChI=1S/C15H24N2/c1-11-7-12(2)9-14(8-11)17-10-15-13(3)5-4-6-16-15/h4-6,11-12,14,17H,7-10H2,1-3H3. The molecule has 2 unspecified atom stereocenters. The van der Waals surface area contributed by atoms with Crippen LogP contribution in [0.4, 0.5) is 0 Å². The van der Waals surface area contributed by atoms with E-state index >= 15 is 0 Å². The molecule has 0 spiro atoms. The van der Waals surface area contributed by atoms with Gasteiger partial charge in [-0.2, -0.15) is 0 Å². The number of aromatic nitrogens is 1. The molecule has 1 saturated carbocycles. The minimum absolute atomic E-state index is 0.676. The Morgan fingerprint density at radius 1 is 1.24 bits per heavy atom. The highest BCUT2D eigenvalue weighted by Gasteiger charge is 2.23. The van der Waals surface area contributed by atoms with E-state index in [4.69, 9.17) is 0 Å². The molecule has 0 saturated heterocycles. The Balaban J connectivity index is 1.88. The van der Waals surface area contributed by atoms with E-state index in [2.05, 4.69) is 37.1 Å². The third-order valence-electron chi connectivity index (χ3n) is 3.85. The largest absolute Gasteiger partial charge is 0.308 e. The Labute approximate surface area is 105 Å². The van der Waals surface area contributed by atoms with Crippen LogP contribution in [0, 0.1) is 18.8 Å². The number of nitrogens with one attached hydrogen (secondary N) is 1. The summed E-state index contributed by atoms with van der Waals surface area (Å²) in [6.45, 7) is 7.79. The summed E-state index contributed by atoms with van der Waals surface area (Å²) in [4.78, 5) is 4.44. The smallest absolute Gasteiger partial charge is 0.0570 e. The van der Waals surface area contributed by atoms with Gasteiger partial charge in [0, 0.05) is 18.8 Å². The molecule has 1 fully saturated rings. The van der Waals surface area contributed by atoms with Crippen molar-refractivity contribution < 1.29 is 0 Å². The predicted octanol–water partition coefficient (Wildman–Crippen LogP) is 3.30. The van der Waals surface area contributed by atoms with Crippen molar-refractivity contribution in [2.45, 2.75) is 52.6 Å². The van der Waals surface area contributed by atoms with Crippen LogP contribution in [0.1, 0.15) is 44.4 Å². The van der Waals surface area contributed by atoms with Crippen molar-refractivity contribution >= 4 is 0 Å². The molecule has 1 aromatic heterocycles. The second kappa shape index (κ2) is 5.63. The number of hydrogen-bond donors (Lipinski definition) is 1. The van der Waals surface area contributed by atoms with Crippen molar-refractivity contribution in [3.63, 3.8) is 0 Å². The number of rotatable bonds is 3. The van der Waals surface area contributed by atoms with E-state index in [1.807, 2.05) is 12.3 Å². The van der Waals surface area contributed by atoms with E-state index in [1.54, 1.807) is 0 Å². The molecule has 17 heavy (non-hydrogen) atoms. The second-order valence-corrected chi connectivity index (χ2v) is 5.76. The highest BCUT2D eigenvalue weighted by Crippen LogP contribution is 2.28. The Hall–Kier alpha value is -0.890. The zero-order valence-corrected chi connectivity index (χ0v) is 11.2. The molecule has 1 aromatic rings. The van der Waals surface area contributed by atoms with Crippen molar-refractivity contribution in [2.75, 3.05) is 0 Å². The predicted molar refractivity (Wildman–Crippen MR) is 71.8 cm³/mol. The number of pyridine rings is 1. The van der Waals surface area contributed by atoms with Gasteiger partial charge < -0.3 is 5.32 Å². The summed E-state index contributed by atoms with van der Waals surface area (Å²) in [5, 5.41) is 3.68. The lowest BCUT2D eigenvalue weighted by Crippen LogP contribution is -2.36. The van der Waals surface area contributed by atoms with E-state index in [0.29, 0.717) is 6.04 Å². The average Bonchev–Trinajstić information content (AvgIpc) is 2.27. The summed E-state index contributed by atoms with van der Waals surface area (Å²) < 4.78 is 0. The van der Waals surface area contributed by atoms with Crippen LogP contribution in [0.15, 0.2) is 18.3 Å². The minimum atomic E-state index is 0.676. The zero-order valence-electron chi connectivity index (χ0n) is 11.2. The minimum Gasteiger partial charge on any atom is -0.308 e. The van der Waals surface area contributed by atoms with E-state index in [1.165, 1.54) is 30.5 Å². The molecule has 1 aliphatic carbocycles. The van der Waals surface area contributed by atoms with Crippen LogP contribution >= 0.6 is 0 Å². The molecular formula is C15H24N2. The van der Waals surface area contributed by atoms with Gasteiger partial charge in [0.2, 0.25) is 0 Å². The SMILES string of the molecule is Cc1cccnc1CNC1CC(C)CC(C)C1. The maximum Gasteiger partial charge on any atom is 0.0570 e. The molecule has 0 amide bonds. The maximum atomic E-state index is 4.44. The van der Waals surface area contributed by atoms with Gasteiger partial charge in [-0.25, -0.2) is 0 Å². The van der Waals surface area contributed by atoms with Crippen LogP contribution in [-0.4, -0.2) is 11.0 Å². The van der Waals surface area contributed by atoms with Crippen LogP contribution in [0.3, 0.4) is 0 Å². The molecule has 0 bridgehead atoms. The van der Waals surface area contributed by atoms with E-state index < -0.39 is 0 Å². The van der Waals surface area contributed by atoms with Gasteiger partial charge in [-0.15, -0.1) is 0 Å². The molecular weight excluding hydrogens is 208 g/mol. The fraction of sp³-hybridized carbons (Fsp3) is 0.667. The van der Waals surface area contributed by atoms with Gasteiger partial charge in [-0.3, -0.25) is 4.98 Å². The van der Waals surface area contributed by atoms with Gasteiger partial charge in [0.05, 0.1) is 5.69 Å². The molecule has 1 N–H and O–H groups in total. The van der Waals surface area contributed by atoms with Gasteiger partial charge in [0.15, 0.2) is 0 Å². The fourth-order valence-electron chi connectivity index (χ4n) is 3.06. The Morgan fingerprint density at radius 3 is 2.59 bits per heavy atom. The van der Waals surface area contributed by atoms with Crippen LogP contribution in [-0.2, 0) is 6.54 Å². The normalized spacial score (nSPS) is 29.2. The van der Waals surface area contributed by atoms with Gasteiger partial charge in [0.1, 0.15) is 0 Å². The van der Waals surface area contributed by atoms with Gasteiger partial charge in [-0.1, -0.05) is 19.9 Å². The molecule has 0 aromatic carbocycles. The first-order valence-electron chi connectivity index (χ1n) is 6.79. The molecule has 0 aliphatic heterocycles. The quantitative estimate of drug-likeness (QED) is 0.865.